The first kappa shape index (κ1) is 25.4. The van der Waals surface area contributed by atoms with Crippen molar-refractivity contribution in [1.29, 1.82) is 0 Å². The number of fused-ring (bicyclic) bond motifs is 6. The van der Waals surface area contributed by atoms with Gasteiger partial charge in [-0.3, -0.25) is 14.2 Å². The van der Waals surface area contributed by atoms with E-state index >= 15 is 0 Å². The van der Waals surface area contributed by atoms with Gasteiger partial charge in [0.15, 0.2) is 5.82 Å². The van der Waals surface area contributed by atoms with Crippen LogP contribution in [0.1, 0.15) is 12.8 Å². The van der Waals surface area contributed by atoms with E-state index in [4.69, 9.17) is 15.0 Å². The van der Waals surface area contributed by atoms with Gasteiger partial charge in [0.2, 0.25) is 5.91 Å². The third kappa shape index (κ3) is 4.35. The van der Waals surface area contributed by atoms with Gasteiger partial charge in [0, 0.05) is 68.6 Å². The topological polar surface area (TPSA) is 109 Å². The number of nitrogens with zero attached hydrogens (tertiary/aromatic N) is 9. The monoisotopic (exact) mass is 570 g/mol. The fourth-order valence-corrected chi connectivity index (χ4v) is 6.47. The van der Waals surface area contributed by atoms with Gasteiger partial charge in [-0.05, 0) is 43.2 Å². The minimum Gasteiger partial charge on any atom is -0.365 e. The molecule has 2 aliphatic rings. The van der Waals surface area contributed by atoms with Crippen molar-refractivity contribution in [2.24, 2.45) is 0 Å². The van der Waals surface area contributed by atoms with Gasteiger partial charge in [-0.15, -0.1) is 0 Å². The average Bonchev–Trinajstić information content (AvgIpc) is 3.78. The smallest absolute Gasteiger partial charge is 0.245 e. The molecule has 0 unspecified atom stereocenters. The number of pyridine rings is 2. The lowest BCUT2D eigenvalue weighted by Gasteiger charge is -2.29. The summed E-state index contributed by atoms with van der Waals surface area (Å²) >= 11 is 0. The number of benzene rings is 1. The second-order valence-electron chi connectivity index (χ2n) is 11.2. The van der Waals surface area contributed by atoms with Gasteiger partial charge in [0.1, 0.15) is 23.2 Å². The first-order valence-electron chi connectivity index (χ1n) is 14.6. The van der Waals surface area contributed by atoms with Crippen LogP contribution in [0.15, 0.2) is 85.8 Å². The minimum atomic E-state index is -0.386. The summed E-state index contributed by atoms with van der Waals surface area (Å²) < 4.78 is 4.19. The average molecular weight is 571 g/mol. The molecule has 0 aliphatic carbocycles. The number of hydrogen-bond acceptors (Lipinski definition) is 8. The van der Waals surface area contributed by atoms with Gasteiger partial charge in [-0.2, -0.15) is 0 Å². The second kappa shape index (κ2) is 10.2. The van der Waals surface area contributed by atoms with E-state index in [0.29, 0.717) is 19.5 Å². The summed E-state index contributed by atoms with van der Waals surface area (Å²) in [7, 11) is 1.90. The first-order valence-corrected chi connectivity index (χ1v) is 14.6. The molecule has 1 amide bonds. The molecule has 6 aromatic rings. The molecule has 11 nitrogen and oxygen atoms in total. The third-order valence-corrected chi connectivity index (χ3v) is 8.50. The molecule has 0 radical (unpaired) electrons. The third-order valence-electron chi connectivity index (χ3n) is 8.50. The van der Waals surface area contributed by atoms with Gasteiger partial charge in [-0.1, -0.05) is 18.2 Å². The van der Waals surface area contributed by atoms with E-state index in [2.05, 4.69) is 30.8 Å². The van der Waals surface area contributed by atoms with Crippen LogP contribution in [0, 0.1) is 0 Å². The highest BCUT2D eigenvalue weighted by Crippen LogP contribution is 2.33. The van der Waals surface area contributed by atoms with Crippen LogP contribution in [-0.4, -0.2) is 76.9 Å². The molecular weight excluding hydrogens is 540 g/mol. The molecule has 2 atom stereocenters. The Kier molecular flexibility index (Phi) is 6.02. The van der Waals surface area contributed by atoms with Crippen LogP contribution < -0.4 is 10.2 Å². The molecule has 1 fully saturated rings. The van der Waals surface area contributed by atoms with E-state index in [9.17, 15) is 4.79 Å². The minimum absolute atomic E-state index is 0.0145. The Balaban J connectivity index is 1.19. The number of aryl methyl sites for hydroxylation is 1. The number of hydrogen-bond donors (Lipinski definition) is 1. The quantitative estimate of drug-likeness (QED) is 0.331. The standard InChI is InChI=1S/C32H30N10O/c1-39-13-5-14-40-20-36-25-9-2-7-23(29(25)40)24-8-3-10-28(38-24)37-22-16-26(32(39)43)42(19-22)31-27-18-35-30(41(27)15-12-34-31)21-6-4-11-33-17-21/h2-4,6-12,15,17-18,20,22,26H,5,13-14,16,19H2,1H3,(H,37,38)/t22-,26-/m0/s1. The zero-order valence-corrected chi connectivity index (χ0v) is 23.7. The van der Waals surface area contributed by atoms with Crippen molar-refractivity contribution in [3.8, 4) is 22.6 Å². The second-order valence-corrected chi connectivity index (χ2v) is 11.2. The molecular formula is C32H30N10O. The summed E-state index contributed by atoms with van der Waals surface area (Å²) in [6, 6.07) is 15.7. The molecule has 0 spiro atoms. The van der Waals surface area contributed by atoms with Crippen LogP contribution in [0.25, 0.3) is 39.2 Å². The summed E-state index contributed by atoms with van der Waals surface area (Å²) in [6.45, 7) is 1.97. The van der Waals surface area contributed by atoms with E-state index in [-0.39, 0.29) is 18.0 Å². The molecule has 1 saturated heterocycles. The van der Waals surface area contributed by atoms with Crippen LogP contribution in [0.3, 0.4) is 0 Å². The molecule has 1 N–H and O–H groups in total. The van der Waals surface area contributed by atoms with E-state index in [1.807, 2.05) is 77.5 Å². The lowest BCUT2D eigenvalue weighted by molar-refractivity contribution is -0.131. The van der Waals surface area contributed by atoms with Crippen molar-refractivity contribution in [3.05, 3.63) is 85.8 Å². The molecule has 8 rings (SSSR count). The summed E-state index contributed by atoms with van der Waals surface area (Å²) in [6.07, 6.45) is 12.4. The molecule has 1 aromatic carbocycles. The molecule has 4 bridgehead atoms. The molecule has 214 valence electrons. The number of para-hydroxylation sites is 1. The number of imidazole rings is 2. The largest absolute Gasteiger partial charge is 0.365 e. The number of aromatic nitrogens is 7. The maximum absolute atomic E-state index is 14.1. The number of anilines is 2. The fourth-order valence-electron chi connectivity index (χ4n) is 6.47. The zero-order chi connectivity index (χ0) is 28.9. The highest BCUT2D eigenvalue weighted by Gasteiger charge is 2.40. The molecule has 43 heavy (non-hydrogen) atoms. The van der Waals surface area contributed by atoms with Crippen molar-refractivity contribution in [2.75, 3.05) is 30.4 Å². The normalized spacial score (nSPS) is 19.0. The summed E-state index contributed by atoms with van der Waals surface area (Å²) in [5.41, 5.74) is 5.70. The summed E-state index contributed by atoms with van der Waals surface area (Å²) in [5, 5.41) is 3.64. The number of likely N-dealkylation sites (N-methyl/N-ethyl adjacent to an activating group) is 1. The van der Waals surface area contributed by atoms with Crippen LogP contribution in [0.4, 0.5) is 11.6 Å². The van der Waals surface area contributed by atoms with Crippen molar-refractivity contribution < 1.29 is 4.79 Å². The maximum atomic E-state index is 14.1. The summed E-state index contributed by atoms with van der Waals surface area (Å²) in [4.78, 5) is 41.5. The van der Waals surface area contributed by atoms with E-state index in [1.54, 1.807) is 18.6 Å². The van der Waals surface area contributed by atoms with E-state index in [1.165, 1.54) is 0 Å². The molecule has 2 aliphatic heterocycles. The lowest BCUT2D eigenvalue weighted by atomic mass is 10.1. The predicted octanol–water partition coefficient (Wildman–Crippen LogP) is 4.12. The van der Waals surface area contributed by atoms with Crippen LogP contribution in [0.5, 0.6) is 0 Å². The van der Waals surface area contributed by atoms with Crippen molar-refractivity contribution in [3.63, 3.8) is 0 Å². The van der Waals surface area contributed by atoms with Crippen LogP contribution >= 0.6 is 0 Å². The zero-order valence-electron chi connectivity index (χ0n) is 23.7. The number of nitrogens with one attached hydrogen (secondary N) is 1. The fraction of sp³-hybridized carbons (Fsp3) is 0.250. The first-order chi connectivity index (χ1) is 21.1. The van der Waals surface area contributed by atoms with Crippen molar-refractivity contribution in [1.82, 2.24) is 38.8 Å². The Morgan fingerprint density at radius 3 is 2.79 bits per heavy atom. The van der Waals surface area contributed by atoms with Gasteiger partial charge in [-0.25, -0.2) is 19.9 Å². The van der Waals surface area contributed by atoms with Gasteiger partial charge >= 0.3 is 0 Å². The van der Waals surface area contributed by atoms with Crippen molar-refractivity contribution in [2.45, 2.75) is 31.5 Å². The Morgan fingerprint density at radius 2 is 1.88 bits per heavy atom. The molecule has 5 aromatic heterocycles. The highest BCUT2D eigenvalue weighted by molar-refractivity contribution is 5.91. The Hall–Kier alpha value is -5.32. The Bertz CT molecular complexity index is 1970. The molecule has 0 saturated carbocycles. The van der Waals surface area contributed by atoms with Crippen molar-refractivity contribution >= 4 is 34.1 Å². The van der Waals surface area contributed by atoms with E-state index in [0.717, 1.165) is 63.8 Å². The predicted molar refractivity (Wildman–Crippen MR) is 165 cm³/mol. The van der Waals surface area contributed by atoms with Gasteiger partial charge in [0.05, 0.1) is 29.3 Å². The number of amides is 1. The Labute approximate surface area is 247 Å². The van der Waals surface area contributed by atoms with Crippen LogP contribution in [-0.2, 0) is 11.3 Å². The van der Waals surface area contributed by atoms with Gasteiger partial charge < -0.3 is 19.7 Å². The maximum Gasteiger partial charge on any atom is 0.245 e. The lowest BCUT2D eigenvalue weighted by Crippen LogP contribution is -2.45. The molecule has 7 heterocycles. The van der Waals surface area contributed by atoms with E-state index < -0.39 is 0 Å². The Morgan fingerprint density at radius 1 is 0.953 bits per heavy atom. The molecule has 11 heteroatoms. The van der Waals surface area contributed by atoms with Gasteiger partial charge in [0.25, 0.3) is 0 Å². The summed E-state index contributed by atoms with van der Waals surface area (Å²) in [5.74, 6) is 2.37. The number of rotatable bonds is 2. The SMILES string of the molecule is CN1CCCn2cnc3cccc(c32)-c2cccc(n2)N[C@H]2C[C@@H](C1=O)N(c1nccn3c(-c4cccnc4)ncc13)C2. The number of carbonyl (C=O) groups is 1. The number of carbonyl (C=O) groups excluding carboxylic acids is 1. The van der Waals surface area contributed by atoms with Crippen LogP contribution in [0.2, 0.25) is 0 Å². The highest BCUT2D eigenvalue weighted by atomic mass is 16.2.